The second kappa shape index (κ2) is 15.8. The van der Waals surface area contributed by atoms with E-state index >= 15 is 0 Å². The molecule has 0 heterocycles. The third-order valence-corrected chi connectivity index (χ3v) is 0.809. The Bertz CT molecular complexity index is 26.0. The first-order valence-corrected chi connectivity index (χ1v) is 2.62. The summed E-state index contributed by atoms with van der Waals surface area (Å²) in [7, 11) is 0. The second-order valence-electron chi connectivity index (χ2n) is 1.12. The Morgan fingerprint density at radius 1 is 1.25 bits per heavy atom. The minimum atomic E-state index is 0. The molecule has 0 radical (unpaired) electrons. The van der Waals surface area contributed by atoms with Gasteiger partial charge < -0.3 is 17.5 Å². The first kappa shape index (κ1) is 16.3. The summed E-state index contributed by atoms with van der Waals surface area (Å²) in [6.45, 7) is 0.271. The summed E-state index contributed by atoms with van der Waals surface area (Å²) in [4.78, 5) is 0. The zero-order chi connectivity index (χ0) is 4.83. The van der Waals surface area contributed by atoms with Crippen molar-refractivity contribution in [3.8, 4) is 0 Å². The van der Waals surface area contributed by atoms with Crippen molar-refractivity contribution in [1.29, 1.82) is 0 Å². The molecule has 0 aromatic rings. The van der Waals surface area contributed by atoms with E-state index < -0.39 is 0 Å². The minimum absolute atomic E-state index is 0. The third-order valence-electron chi connectivity index (χ3n) is 0.542. The van der Waals surface area contributed by atoms with Crippen LogP contribution in [-0.4, -0.2) is 17.6 Å². The van der Waals surface area contributed by atoms with Crippen LogP contribution in [0.5, 0.6) is 0 Å². The van der Waals surface area contributed by atoms with Gasteiger partial charge in [-0.1, -0.05) is 0 Å². The van der Waals surface area contributed by atoms with E-state index in [1.54, 1.807) is 0 Å². The molecular weight excluding hydrogens is 158 g/mol. The molecule has 1 N–H and O–H groups in total. The van der Waals surface area contributed by atoms with Gasteiger partial charge in [0.2, 0.25) is 0 Å². The van der Waals surface area contributed by atoms with Crippen molar-refractivity contribution >= 4 is 11.6 Å². The molecule has 0 bridgehead atoms. The first-order chi connectivity index (χ1) is 2.91. The van der Waals surface area contributed by atoms with Crippen LogP contribution >= 0.6 is 11.6 Å². The van der Waals surface area contributed by atoms with Crippen LogP contribution in [-0.2, 0) is 0 Å². The molecule has 0 rings (SSSR count). The summed E-state index contributed by atoms with van der Waals surface area (Å²) in [6, 6.07) is 0. The van der Waals surface area contributed by atoms with Crippen molar-refractivity contribution in [2.24, 2.45) is 0 Å². The zero-order valence-electron chi connectivity index (χ0n) is 5.03. The number of rotatable bonds is 3. The number of hydrogen-bond acceptors (Lipinski definition) is 1. The van der Waals surface area contributed by atoms with Gasteiger partial charge in [-0.15, -0.1) is 11.6 Å². The maximum absolute atomic E-state index is 8.14. The molecule has 0 fully saturated rings. The van der Waals surface area contributed by atoms with Crippen molar-refractivity contribution in [3.63, 3.8) is 0 Å². The van der Waals surface area contributed by atoms with Gasteiger partial charge in [-0.3, -0.25) is 0 Å². The van der Waals surface area contributed by atoms with E-state index in [-0.39, 0.29) is 48.6 Å². The maximum atomic E-state index is 8.14. The molecule has 0 saturated carbocycles. The summed E-state index contributed by atoms with van der Waals surface area (Å²) in [6.07, 6.45) is 1.77. The summed E-state index contributed by atoms with van der Waals surface area (Å²) < 4.78 is 0. The number of unbranched alkanes of at least 4 members (excludes halogenated alkanes) is 1. The smallest absolute Gasteiger partial charge is 1.00 e. The summed E-state index contributed by atoms with van der Waals surface area (Å²) >= 11 is 5.27. The van der Waals surface area contributed by atoms with Crippen molar-refractivity contribution < 1.29 is 47.1 Å². The molecule has 0 spiro atoms. The standard InChI is InChI=1S/C4H9ClO.ClH.Na/c5-3-1-2-4-6;;/h6H,1-4H2;1H;/q;;+1/p-1. The summed E-state index contributed by atoms with van der Waals surface area (Å²) in [5, 5.41) is 8.14. The van der Waals surface area contributed by atoms with Crippen LogP contribution in [0, 0.1) is 0 Å². The summed E-state index contributed by atoms with van der Waals surface area (Å²) in [5.41, 5.74) is 0. The first-order valence-electron chi connectivity index (χ1n) is 2.08. The maximum Gasteiger partial charge on any atom is 1.00 e. The molecule has 0 aliphatic heterocycles. The van der Waals surface area contributed by atoms with Crippen molar-refractivity contribution in [3.05, 3.63) is 0 Å². The Labute approximate surface area is 83.5 Å². The fourth-order valence-corrected chi connectivity index (χ4v) is 0.395. The van der Waals surface area contributed by atoms with E-state index in [1.807, 2.05) is 0 Å². The Morgan fingerprint density at radius 3 is 1.88 bits per heavy atom. The fourth-order valence-electron chi connectivity index (χ4n) is 0.206. The fraction of sp³-hybridized carbons (Fsp3) is 1.00. The van der Waals surface area contributed by atoms with Gasteiger partial charge in [0, 0.05) is 12.5 Å². The number of aliphatic hydroxyl groups excluding tert-OH is 1. The molecule has 0 atom stereocenters. The van der Waals surface area contributed by atoms with Crippen LogP contribution in [0.2, 0.25) is 0 Å². The van der Waals surface area contributed by atoms with Gasteiger partial charge in [-0.25, -0.2) is 0 Å². The van der Waals surface area contributed by atoms with Gasteiger partial charge in [-0.2, -0.15) is 0 Å². The van der Waals surface area contributed by atoms with Gasteiger partial charge in [-0.05, 0) is 12.8 Å². The second-order valence-corrected chi connectivity index (χ2v) is 1.50. The van der Waals surface area contributed by atoms with Crippen LogP contribution in [0.25, 0.3) is 0 Å². The van der Waals surface area contributed by atoms with E-state index in [0.29, 0.717) is 5.88 Å². The van der Waals surface area contributed by atoms with Crippen molar-refractivity contribution in [2.45, 2.75) is 12.8 Å². The average Bonchev–Trinajstić information content (AvgIpc) is 1.61. The third kappa shape index (κ3) is 15.6. The molecule has 0 aromatic carbocycles. The van der Waals surface area contributed by atoms with Crippen LogP contribution in [0.4, 0.5) is 0 Å². The predicted molar refractivity (Wildman–Crippen MR) is 27.0 cm³/mol. The number of halogens is 2. The van der Waals surface area contributed by atoms with E-state index in [1.165, 1.54) is 0 Å². The van der Waals surface area contributed by atoms with Gasteiger partial charge >= 0.3 is 29.6 Å². The van der Waals surface area contributed by atoms with Gasteiger partial charge in [0.25, 0.3) is 0 Å². The number of hydrogen-bond donors (Lipinski definition) is 1. The zero-order valence-corrected chi connectivity index (χ0v) is 8.54. The Morgan fingerprint density at radius 2 is 1.75 bits per heavy atom. The molecule has 0 aliphatic rings. The molecule has 4 heteroatoms. The van der Waals surface area contributed by atoms with Gasteiger partial charge in [0.05, 0.1) is 0 Å². The number of aliphatic hydroxyl groups is 1. The van der Waals surface area contributed by atoms with Crippen LogP contribution in [0.3, 0.4) is 0 Å². The normalized spacial score (nSPS) is 6.75. The molecule has 46 valence electrons. The van der Waals surface area contributed by atoms with E-state index in [4.69, 9.17) is 16.7 Å². The van der Waals surface area contributed by atoms with Crippen LogP contribution < -0.4 is 42.0 Å². The van der Waals surface area contributed by atoms with Crippen LogP contribution in [0.15, 0.2) is 0 Å². The Hall–Kier alpha value is 1.54. The quantitative estimate of drug-likeness (QED) is 0.253. The predicted octanol–water partition coefficient (Wildman–Crippen LogP) is -4.99. The van der Waals surface area contributed by atoms with Crippen LogP contribution in [0.1, 0.15) is 12.8 Å². The van der Waals surface area contributed by atoms with Crippen molar-refractivity contribution in [1.82, 2.24) is 0 Å². The Kier molecular flexibility index (Phi) is 32.2. The summed E-state index contributed by atoms with van der Waals surface area (Å²) in [5.74, 6) is 0.667. The molecule has 0 unspecified atom stereocenters. The van der Waals surface area contributed by atoms with Gasteiger partial charge in [0.15, 0.2) is 0 Å². The SMILES string of the molecule is OCCCCCl.[Cl-].[Na+]. The molecule has 0 aromatic heterocycles. The largest absolute Gasteiger partial charge is 1.00 e. The average molecular weight is 167 g/mol. The molecule has 0 amide bonds. The van der Waals surface area contributed by atoms with Gasteiger partial charge in [0.1, 0.15) is 0 Å². The minimum Gasteiger partial charge on any atom is -1.00 e. The number of alkyl halides is 1. The molecular formula is C4H9Cl2NaO. The molecule has 1 nitrogen and oxygen atoms in total. The van der Waals surface area contributed by atoms with Crippen molar-refractivity contribution in [2.75, 3.05) is 12.5 Å². The molecule has 0 saturated heterocycles. The monoisotopic (exact) mass is 166 g/mol. The molecule has 0 aliphatic carbocycles. The van der Waals surface area contributed by atoms with E-state index in [9.17, 15) is 0 Å². The van der Waals surface area contributed by atoms with E-state index in [0.717, 1.165) is 12.8 Å². The Balaban J connectivity index is -0.000000125. The topological polar surface area (TPSA) is 20.2 Å². The molecule has 8 heavy (non-hydrogen) atoms. The van der Waals surface area contributed by atoms with E-state index in [2.05, 4.69) is 0 Å².